The standard InChI is InChI=1S/C44H28N4/c1-2-10-29(11-3-1)34-26-41(47-42(27-34)40-16-8-9-25-45-40)33-22-24-38(46-28-33)31-17-19-32(20-18-31)44-37-23-21-30-12-4-5-13-35(30)43(37)36-14-6-7-15-39(36)48-44/h1-28H. The van der Waals surface area contributed by atoms with E-state index in [2.05, 4.69) is 138 Å². The van der Waals surface area contributed by atoms with Gasteiger partial charge in [-0.1, -0.05) is 115 Å². The average Bonchev–Trinajstić information content (AvgIpc) is 3.18. The maximum Gasteiger partial charge on any atom is 0.0899 e. The highest BCUT2D eigenvalue weighted by Crippen LogP contribution is 2.37. The van der Waals surface area contributed by atoms with E-state index >= 15 is 0 Å². The molecule has 0 atom stereocenters. The molecular weight excluding hydrogens is 585 g/mol. The van der Waals surface area contributed by atoms with Crippen LogP contribution in [0.1, 0.15) is 0 Å². The van der Waals surface area contributed by atoms with Crippen LogP contribution in [0.25, 0.3) is 88.7 Å². The van der Waals surface area contributed by atoms with E-state index in [1.807, 2.05) is 30.5 Å². The van der Waals surface area contributed by atoms with Crippen molar-refractivity contribution >= 4 is 32.4 Å². The summed E-state index contributed by atoms with van der Waals surface area (Å²) in [4.78, 5) is 19.6. The number of fused-ring (bicyclic) bond motifs is 5. The zero-order chi connectivity index (χ0) is 31.9. The van der Waals surface area contributed by atoms with E-state index in [1.54, 1.807) is 6.20 Å². The molecule has 0 radical (unpaired) electrons. The van der Waals surface area contributed by atoms with E-state index < -0.39 is 0 Å². The van der Waals surface area contributed by atoms with Crippen molar-refractivity contribution in [3.05, 3.63) is 170 Å². The van der Waals surface area contributed by atoms with Crippen LogP contribution >= 0.6 is 0 Å². The molecule has 224 valence electrons. The van der Waals surface area contributed by atoms with Gasteiger partial charge in [-0.15, -0.1) is 0 Å². The van der Waals surface area contributed by atoms with E-state index in [-0.39, 0.29) is 0 Å². The van der Waals surface area contributed by atoms with Crippen molar-refractivity contribution in [3.63, 3.8) is 0 Å². The minimum Gasteiger partial charge on any atom is -0.256 e. The van der Waals surface area contributed by atoms with E-state index in [0.29, 0.717) is 0 Å². The molecule has 0 N–H and O–H groups in total. The van der Waals surface area contributed by atoms with Crippen molar-refractivity contribution in [3.8, 4) is 56.3 Å². The Kier molecular flexibility index (Phi) is 6.76. The second-order valence-electron chi connectivity index (χ2n) is 11.9. The second kappa shape index (κ2) is 11.7. The number of pyridine rings is 4. The van der Waals surface area contributed by atoms with Crippen LogP contribution in [0.5, 0.6) is 0 Å². The van der Waals surface area contributed by atoms with Crippen LogP contribution in [0.2, 0.25) is 0 Å². The lowest BCUT2D eigenvalue weighted by atomic mass is 9.95. The predicted octanol–water partition coefficient (Wildman–Crippen LogP) is 11.1. The van der Waals surface area contributed by atoms with Crippen molar-refractivity contribution in [2.75, 3.05) is 0 Å². The Hall–Kier alpha value is -6.52. The predicted molar refractivity (Wildman–Crippen MR) is 197 cm³/mol. The van der Waals surface area contributed by atoms with Gasteiger partial charge in [0, 0.05) is 45.2 Å². The molecule has 0 saturated heterocycles. The lowest BCUT2D eigenvalue weighted by Gasteiger charge is -2.13. The fourth-order valence-corrected chi connectivity index (χ4v) is 6.58. The van der Waals surface area contributed by atoms with Crippen LogP contribution < -0.4 is 0 Å². The molecule has 4 nitrogen and oxygen atoms in total. The molecule has 0 spiro atoms. The quantitative estimate of drug-likeness (QED) is 0.181. The van der Waals surface area contributed by atoms with Crippen LogP contribution in [0.15, 0.2) is 170 Å². The highest BCUT2D eigenvalue weighted by molar-refractivity contribution is 6.22. The summed E-state index contributed by atoms with van der Waals surface area (Å²) in [6.07, 6.45) is 3.71. The zero-order valence-electron chi connectivity index (χ0n) is 26.0. The number of hydrogen-bond acceptors (Lipinski definition) is 4. The first-order chi connectivity index (χ1) is 23.8. The summed E-state index contributed by atoms with van der Waals surface area (Å²) < 4.78 is 0. The van der Waals surface area contributed by atoms with Gasteiger partial charge in [-0.2, -0.15) is 0 Å². The highest BCUT2D eigenvalue weighted by atomic mass is 14.8. The fraction of sp³-hybridized carbons (Fsp3) is 0. The minimum atomic E-state index is 0.828. The number of rotatable bonds is 5. The molecule has 0 bridgehead atoms. The summed E-state index contributed by atoms with van der Waals surface area (Å²) in [5.41, 5.74) is 10.7. The Balaban J connectivity index is 1.08. The molecule has 4 aromatic heterocycles. The largest absolute Gasteiger partial charge is 0.256 e. The lowest BCUT2D eigenvalue weighted by molar-refractivity contribution is 1.24. The third kappa shape index (κ3) is 4.97. The van der Waals surface area contributed by atoms with Gasteiger partial charge in [-0.25, -0.2) is 9.97 Å². The average molecular weight is 613 g/mol. The molecule has 9 aromatic rings. The zero-order valence-corrected chi connectivity index (χ0v) is 26.0. The first-order valence-corrected chi connectivity index (χ1v) is 16.0. The van der Waals surface area contributed by atoms with Gasteiger partial charge < -0.3 is 0 Å². The first-order valence-electron chi connectivity index (χ1n) is 16.0. The third-order valence-corrected chi connectivity index (χ3v) is 8.96. The summed E-state index contributed by atoms with van der Waals surface area (Å²) >= 11 is 0. The van der Waals surface area contributed by atoms with Crippen LogP contribution in [0.4, 0.5) is 0 Å². The Morgan fingerprint density at radius 2 is 1.08 bits per heavy atom. The van der Waals surface area contributed by atoms with Crippen molar-refractivity contribution in [1.82, 2.24) is 19.9 Å². The summed E-state index contributed by atoms with van der Waals surface area (Å²) in [5, 5.41) is 6.04. The number of nitrogens with zero attached hydrogens (tertiary/aromatic N) is 4. The molecule has 9 rings (SSSR count). The maximum absolute atomic E-state index is 5.16. The summed E-state index contributed by atoms with van der Waals surface area (Å²) in [6.45, 7) is 0. The maximum atomic E-state index is 5.16. The van der Waals surface area contributed by atoms with Gasteiger partial charge in [0.25, 0.3) is 0 Å². The number of benzene rings is 5. The molecule has 0 aliphatic heterocycles. The summed E-state index contributed by atoms with van der Waals surface area (Å²) in [5.74, 6) is 0. The Morgan fingerprint density at radius 3 is 1.90 bits per heavy atom. The normalized spacial score (nSPS) is 11.3. The van der Waals surface area contributed by atoms with Crippen LogP contribution in [-0.2, 0) is 0 Å². The molecule has 4 heteroatoms. The molecule has 4 heterocycles. The van der Waals surface area contributed by atoms with Crippen LogP contribution in [0, 0.1) is 0 Å². The van der Waals surface area contributed by atoms with Gasteiger partial charge in [0.1, 0.15) is 0 Å². The molecular formula is C44H28N4. The van der Waals surface area contributed by atoms with E-state index in [4.69, 9.17) is 15.0 Å². The molecule has 0 aliphatic carbocycles. The minimum absolute atomic E-state index is 0.828. The third-order valence-electron chi connectivity index (χ3n) is 8.96. The Bertz CT molecular complexity index is 2510. The molecule has 0 fully saturated rings. The first kappa shape index (κ1) is 27.8. The van der Waals surface area contributed by atoms with Crippen LogP contribution in [-0.4, -0.2) is 19.9 Å². The van der Waals surface area contributed by atoms with Gasteiger partial charge in [-0.3, -0.25) is 9.97 Å². The van der Waals surface area contributed by atoms with Crippen molar-refractivity contribution < 1.29 is 0 Å². The van der Waals surface area contributed by atoms with Gasteiger partial charge in [0.2, 0.25) is 0 Å². The van der Waals surface area contributed by atoms with Crippen molar-refractivity contribution in [1.29, 1.82) is 0 Å². The molecule has 48 heavy (non-hydrogen) atoms. The van der Waals surface area contributed by atoms with Gasteiger partial charge in [0.05, 0.1) is 34.0 Å². The molecule has 5 aromatic carbocycles. The summed E-state index contributed by atoms with van der Waals surface area (Å²) in [7, 11) is 0. The van der Waals surface area contributed by atoms with Crippen LogP contribution in [0.3, 0.4) is 0 Å². The topological polar surface area (TPSA) is 51.6 Å². The highest BCUT2D eigenvalue weighted by Gasteiger charge is 2.14. The second-order valence-corrected chi connectivity index (χ2v) is 11.9. The van der Waals surface area contributed by atoms with Crippen molar-refractivity contribution in [2.24, 2.45) is 0 Å². The Morgan fingerprint density at radius 1 is 0.354 bits per heavy atom. The van der Waals surface area contributed by atoms with Crippen molar-refractivity contribution in [2.45, 2.75) is 0 Å². The molecule has 0 amide bonds. The summed E-state index contributed by atoms with van der Waals surface area (Å²) in [6, 6.07) is 54.6. The lowest BCUT2D eigenvalue weighted by Crippen LogP contribution is -1.94. The van der Waals surface area contributed by atoms with E-state index in [9.17, 15) is 0 Å². The SMILES string of the molecule is c1ccc(-c2cc(-c3ccc(-c4ccc(-c5nc6ccccc6c6c5ccc5ccccc56)cc4)nc3)nc(-c3ccccn3)c2)cc1. The molecule has 0 aliphatic rings. The Labute approximate surface area is 278 Å². The van der Waals surface area contributed by atoms with E-state index in [0.717, 1.165) is 67.2 Å². The smallest absolute Gasteiger partial charge is 0.0899 e. The van der Waals surface area contributed by atoms with E-state index in [1.165, 1.54) is 21.5 Å². The number of aromatic nitrogens is 4. The monoisotopic (exact) mass is 612 g/mol. The van der Waals surface area contributed by atoms with Gasteiger partial charge >= 0.3 is 0 Å². The molecule has 0 unspecified atom stereocenters. The molecule has 0 saturated carbocycles. The van der Waals surface area contributed by atoms with Gasteiger partial charge in [0.15, 0.2) is 0 Å². The van der Waals surface area contributed by atoms with Gasteiger partial charge in [-0.05, 0) is 64.4 Å². The number of hydrogen-bond donors (Lipinski definition) is 0. The fourth-order valence-electron chi connectivity index (χ4n) is 6.58. The number of para-hydroxylation sites is 1.